The van der Waals surface area contributed by atoms with Crippen LogP contribution in [-0.4, -0.2) is 55.2 Å². The van der Waals surface area contributed by atoms with Crippen molar-refractivity contribution in [3.63, 3.8) is 0 Å². The maximum atomic E-state index is 12.5. The lowest BCUT2D eigenvalue weighted by Gasteiger charge is -2.38. The number of aromatic hydroxyl groups is 1. The van der Waals surface area contributed by atoms with Gasteiger partial charge in [0.1, 0.15) is 11.5 Å². The zero-order valence-electron chi connectivity index (χ0n) is 15.9. The number of nitrogens with one attached hydrogen (secondary N) is 1. The van der Waals surface area contributed by atoms with Gasteiger partial charge < -0.3 is 20.1 Å². The van der Waals surface area contributed by atoms with E-state index in [1.165, 1.54) is 0 Å². The van der Waals surface area contributed by atoms with Crippen LogP contribution in [0.1, 0.15) is 12.5 Å². The van der Waals surface area contributed by atoms with Crippen LogP contribution >= 0.6 is 0 Å². The van der Waals surface area contributed by atoms with Crippen LogP contribution in [0.3, 0.4) is 0 Å². The predicted octanol–water partition coefficient (Wildman–Crippen LogP) is 2.23. The number of ether oxygens (including phenoxy) is 1. The van der Waals surface area contributed by atoms with E-state index in [1.807, 2.05) is 43.3 Å². The minimum absolute atomic E-state index is 0.0453. The summed E-state index contributed by atoms with van der Waals surface area (Å²) in [6.45, 7) is 5.86. The summed E-state index contributed by atoms with van der Waals surface area (Å²) in [6, 6.07) is 14.8. The van der Waals surface area contributed by atoms with Crippen LogP contribution in [0.5, 0.6) is 11.5 Å². The van der Waals surface area contributed by atoms with Crippen LogP contribution in [0.4, 0.5) is 5.69 Å². The molecule has 2 aromatic carbocycles. The van der Waals surface area contributed by atoms with Gasteiger partial charge in [-0.05, 0) is 48.9 Å². The van der Waals surface area contributed by atoms with Gasteiger partial charge in [0.2, 0.25) is 5.91 Å². The number of hydrogen-bond donors (Lipinski definition) is 2. The number of rotatable bonds is 6. The normalized spacial score (nSPS) is 16.0. The average molecular weight is 369 g/mol. The summed E-state index contributed by atoms with van der Waals surface area (Å²) in [4.78, 5) is 17.0. The Balaban J connectivity index is 1.47. The van der Waals surface area contributed by atoms with Gasteiger partial charge in [0.05, 0.1) is 13.2 Å². The van der Waals surface area contributed by atoms with Gasteiger partial charge in [-0.3, -0.25) is 9.69 Å². The van der Waals surface area contributed by atoms with E-state index in [9.17, 15) is 9.90 Å². The molecule has 27 heavy (non-hydrogen) atoms. The molecule has 0 aromatic heterocycles. The monoisotopic (exact) mass is 369 g/mol. The van der Waals surface area contributed by atoms with E-state index in [1.54, 1.807) is 19.2 Å². The molecule has 6 heteroatoms. The third-order valence-corrected chi connectivity index (χ3v) is 5.08. The second-order valence-electron chi connectivity index (χ2n) is 6.78. The van der Waals surface area contributed by atoms with Crippen molar-refractivity contribution in [1.82, 2.24) is 10.2 Å². The van der Waals surface area contributed by atoms with E-state index >= 15 is 0 Å². The standard InChI is InChI=1S/C21H27N3O3/c1-16(21(26)22-15-17-3-9-20(27-2)10-4-17)23-11-13-24(14-12-23)18-5-7-19(25)8-6-18/h3-10,16,25H,11-15H2,1-2H3,(H,22,26)/t16-/m1/s1. The molecule has 3 rings (SSSR count). The molecule has 2 aromatic rings. The second-order valence-corrected chi connectivity index (χ2v) is 6.78. The highest BCUT2D eigenvalue weighted by Crippen LogP contribution is 2.20. The number of piperazine rings is 1. The van der Waals surface area contributed by atoms with Gasteiger partial charge in [0.25, 0.3) is 0 Å². The molecule has 1 aliphatic heterocycles. The highest BCUT2D eigenvalue weighted by molar-refractivity contribution is 5.81. The third-order valence-electron chi connectivity index (χ3n) is 5.08. The fraction of sp³-hybridized carbons (Fsp3) is 0.381. The molecule has 2 N–H and O–H groups in total. The summed E-state index contributed by atoms with van der Waals surface area (Å²) in [7, 11) is 1.64. The lowest BCUT2D eigenvalue weighted by atomic mass is 10.1. The number of phenolic OH excluding ortho intramolecular Hbond substituents is 1. The van der Waals surface area contributed by atoms with Crippen molar-refractivity contribution in [2.45, 2.75) is 19.5 Å². The summed E-state index contributed by atoms with van der Waals surface area (Å²) in [5.74, 6) is 1.13. The van der Waals surface area contributed by atoms with Crippen LogP contribution < -0.4 is 15.0 Å². The molecule has 1 saturated heterocycles. The summed E-state index contributed by atoms with van der Waals surface area (Å²) >= 11 is 0. The number of benzene rings is 2. The molecule has 0 saturated carbocycles. The molecule has 0 unspecified atom stereocenters. The Bertz CT molecular complexity index is 738. The van der Waals surface area contributed by atoms with Crippen LogP contribution in [0, 0.1) is 0 Å². The summed E-state index contributed by atoms with van der Waals surface area (Å²) in [5, 5.41) is 12.4. The summed E-state index contributed by atoms with van der Waals surface area (Å²) in [5.41, 5.74) is 2.15. The summed E-state index contributed by atoms with van der Waals surface area (Å²) in [6.07, 6.45) is 0. The van der Waals surface area contributed by atoms with Gasteiger partial charge in [0, 0.05) is 38.4 Å². The number of phenols is 1. The lowest BCUT2D eigenvalue weighted by Crippen LogP contribution is -2.53. The molecule has 1 atom stereocenters. The Morgan fingerprint density at radius 3 is 2.30 bits per heavy atom. The first-order chi connectivity index (χ1) is 13.1. The highest BCUT2D eigenvalue weighted by atomic mass is 16.5. The maximum absolute atomic E-state index is 12.5. The van der Waals surface area contributed by atoms with Gasteiger partial charge in [-0.15, -0.1) is 0 Å². The molecule has 0 radical (unpaired) electrons. The van der Waals surface area contributed by atoms with E-state index in [2.05, 4.69) is 15.1 Å². The van der Waals surface area contributed by atoms with Gasteiger partial charge >= 0.3 is 0 Å². The number of carbonyl (C=O) groups excluding carboxylic acids is 1. The molecule has 1 aliphatic rings. The minimum atomic E-state index is -0.162. The lowest BCUT2D eigenvalue weighted by molar-refractivity contribution is -0.126. The highest BCUT2D eigenvalue weighted by Gasteiger charge is 2.25. The number of amides is 1. The first-order valence-corrected chi connectivity index (χ1v) is 9.25. The van der Waals surface area contributed by atoms with Gasteiger partial charge in [-0.1, -0.05) is 12.1 Å². The van der Waals surface area contributed by atoms with Crippen LogP contribution in [-0.2, 0) is 11.3 Å². The largest absolute Gasteiger partial charge is 0.508 e. The van der Waals surface area contributed by atoms with E-state index in [-0.39, 0.29) is 17.7 Å². The number of nitrogens with zero attached hydrogens (tertiary/aromatic N) is 2. The van der Waals surface area contributed by atoms with E-state index in [0.29, 0.717) is 6.54 Å². The first kappa shape index (κ1) is 19.0. The van der Waals surface area contributed by atoms with Crippen molar-refractivity contribution in [2.75, 3.05) is 38.2 Å². The molecule has 0 aliphatic carbocycles. The van der Waals surface area contributed by atoms with Gasteiger partial charge in [0.15, 0.2) is 0 Å². The Morgan fingerprint density at radius 2 is 1.70 bits per heavy atom. The Kier molecular flexibility index (Phi) is 6.19. The Morgan fingerprint density at radius 1 is 1.07 bits per heavy atom. The molecule has 0 bridgehead atoms. The molecule has 1 heterocycles. The maximum Gasteiger partial charge on any atom is 0.237 e. The zero-order chi connectivity index (χ0) is 19.2. The minimum Gasteiger partial charge on any atom is -0.508 e. The van der Waals surface area contributed by atoms with Crippen molar-refractivity contribution >= 4 is 11.6 Å². The predicted molar refractivity (Wildman–Crippen MR) is 106 cm³/mol. The smallest absolute Gasteiger partial charge is 0.237 e. The summed E-state index contributed by atoms with van der Waals surface area (Å²) < 4.78 is 5.15. The van der Waals surface area contributed by atoms with Gasteiger partial charge in [-0.25, -0.2) is 0 Å². The zero-order valence-corrected chi connectivity index (χ0v) is 15.9. The van der Waals surface area contributed by atoms with Crippen molar-refractivity contribution in [1.29, 1.82) is 0 Å². The molecule has 1 fully saturated rings. The number of anilines is 1. The Hall–Kier alpha value is -2.73. The van der Waals surface area contributed by atoms with Crippen LogP contribution in [0.15, 0.2) is 48.5 Å². The van der Waals surface area contributed by atoms with Crippen molar-refractivity contribution in [2.24, 2.45) is 0 Å². The van der Waals surface area contributed by atoms with E-state index in [4.69, 9.17) is 4.74 Å². The molecule has 6 nitrogen and oxygen atoms in total. The average Bonchev–Trinajstić information content (AvgIpc) is 2.72. The molecule has 144 valence electrons. The molecular formula is C21H27N3O3. The fourth-order valence-corrected chi connectivity index (χ4v) is 3.28. The van der Waals surface area contributed by atoms with Crippen molar-refractivity contribution in [3.8, 4) is 11.5 Å². The topological polar surface area (TPSA) is 65.0 Å². The Labute approximate surface area is 160 Å². The quantitative estimate of drug-likeness (QED) is 0.818. The SMILES string of the molecule is COc1ccc(CNC(=O)[C@@H](C)N2CCN(c3ccc(O)cc3)CC2)cc1. The van der Waals surface area contributed by atoms with E-state index < -0.39 is 0 Å². The number of carbonyl (C=O) groups is 1. The molecule has 1 amide bonds. The van der Waals surface area contributed by atoms with E-state index in [0.717, 1.165) is 43.2 Å². The van der Waals surface area contributed by atoms with Crippen molar-refractivity contribution in [3.05, 3.63) is 54.1 Å². The van der Waals surface area contributed by atoms with Crippen LogP contribution in [0.2, 0.25) is 0 Å². The van der Waals surface area contributed by atoms with Crippen LogP contribution in [0.25, 0.3) is 0 Å². The molecule has 0 spiro atoms. The number of methoxy groups -OCH3 is 1. The number of hydrogen-bond acceptors (Lipinski definition) is 5. The third kappa shape index (κ3) is 4.92. The fourth-order valence-electron chi connectivity index (χ4n) is 3.28. The van der Waals surface area contributed by atoms with Gasteiger partial charge in [-0.2, -0.15) is 0 Å². The second kappa shape index (κ2) is 8.77. The molecular weight excluding hydrogens is 342 g/mol. The first-order valence-electron chi connectivity index (χ1n) is 9.25. The van der Waals surface area contributed by atoms with Crippen molar-refractivity contribution < 1.29 is 14.6 Å².